The Morgan fingerprint density at radius 2 is 2.21 bits per heavy atom. The molecule has 0 saturated carbocycles. The Morgan fingerprint density at radius 1 is 1.57 bits per heavy atom. The molecule has 1 rings (SSSR count). The van der Waals surface area contributed by atoms with Gasteiger partial charge in [0.15, 0.2) is 0 Å². The third kappa shape index (κ3) is 2.70. The van der Waals surface area contributed by atoms with Crippen molar-refractivity contribution in [2.45, 2.75) is 13.3 Å². The first-order valence-electron chi connectivity index (χ1n) is 4.06. The van der Waals surface area contributed by atoms with E-state index in [4.69, 9.17) is 0 Å². The second-order valence-electron chi connectivity index (χ2n) is 2.91. The van der Waals surface area contributed by atoms with Gasteiger partial charge in [0.1, 0.15) is 0 Å². The fourth-order valence-corrected chi connectivity index (χ4v) is 2.59. The van der Waals surface area contributed by atoms with Gasteiger partial charge in [0, 0.05) is 8.04 Å². The number of hydrogen-bond donors (Lipinski definition) is 0. The Bertz CT molecular complexity index is 363. The highest BCUT2D eigenvalue weighted by atomic mass is 127. The van der Waals surface area contributed by atoms with Gasteiger partial charge in [-0.25, -0.2) is 0 Å². The van der Waals surface area contributed by atoms with Gasteiger partial charge in [-0.05, 0) is 46.7 Å². The van der Waals surface area contributed by atoms with Crippen LogP contribution >= 0.6 is 38.5 Å². The first-order valence-corrected chi connectivity index (χ1v) is 5.93. The highest BCUT2D eigenvalue weighted by Crippen LogP contribution is 2.26. The summed E-state index contributed by atoms with van der Waals surface area (Å²) in [6.45, 7) is 2.00. The second kappa shape index (κ2) is 5.11. The van der Waals surface area contributed by atoms with E-state index in [2.05, 4.69) is 43.3 Å². The van der Waals surface area contributed by atoms with Crippen molar-refractivity contribution in [3.63, 3.8) is 0 Å². The summed E-state index contributed by atoms with van der Waals surface area (Å²) in [5.74, 6) is -0.214. The van der Waals surface area contributed by atoms with E-state index in [0.29, 0.717) is 6.42 Å². The number of methoxy groups -OCH3 is 1. The predicted molar refractivity (Wildman–Crippen MR) is 67.3 cm³/mol. The normalized spacial score (nSPS) is 10.0. The fourth-order valence-electron chi connectivity index (χ4n) is 1.09. The summed E-state index contributed by atoms with van der Waals surface area (Å²) in [6, 6.07) is 4.02. The van der Waals surface area contributed by atoms with Crippen LogP contribution in [0.15, 0.2) is 16.6 Å². The summed E-state index contributed by atoms with van der Waals surface area (Å²) in [6.07, 6.45) is 0.317. The van der Waals surface area contributed by atoms with Crippen molar-refractivity contribution in [1.82, 2.24) is 0 Å². The molecule has 76 valence electrons. The molecule has 0 unspecified atom stereocenters. The summed E-state index contributed by atoms with van der Waals surface area (Å²) in [5.41, 5.74) is 2.13. The first kappa shape index (κ1) is 12.0. The zero-order chi connectivity index (χ0) is 10.7. The van der Waals surface area contributed by atoms with Crippen LogP contribution in [0.1, 0.15) is 11.1 Å². The second-order valence-corrected chi connectivity index (χ2v) is 4.86. The molecule has 0 spiro atoms. The molecule has 0 fully saturated rings. The summed E-state index contributed by atoms with van der Waals surface area (Å²) >= 11 is 5.69. The molecule has 1 aromatic carbocycles. The molecule has 14 heavy (non-hydrogen) atoms. The molecule has 0 radical (unpaired) electrons. The van der Waals surface area contributed by atoms with Crippen LogP contribution in [-0.4, -0.2) is 13.1 Å². The number of halogens is 2. The maximum Gasteiger partial charge on any atom is 0.310 e. The zero-order valence-corrected chi connectivity index (χ0v) is 11.7. The molecular formula is C10H10BrIO2. The average molecular weight is 369 g/mol. The third-order valence-electron chi connectivity index (χ3n) is 1.93. The summed E-state index contributed by atoms with van der Waals surface area (Å²) < 4.78 is 6.71. The monoisotopic (exact) mass is 368 g/mol. The number of benzene rings is 1. The van der Waals surface area contributed by atoms with Crippen LogP contribution in [0.4, 0.5) is 0 Å². The summed E-state index contributed by atoms with van der Waals surface area (Å²) in [7, 11) is 1.40. The molecule has 2 nitrogen and oxygen atoms in total. The molecule has 1 aromatic rings. The lowest BCUT2D eigenvalue weighted by molar-refractivity contribution is -0.139. The Kier molecular flexibility index (Phi) is 4.37. The minimum absolute atomic E-state index is 0.214. The molecule has 0 atom stereocenters. The van der Waals surface area contributed by atoms with E-state index in [1.165, 1.54) is 7.11 Å². The third-order valence-corrected chi connectivity index (χ3v) is 4.04. The predicted octanol–water partition coefficient (Wildman–Crippen LogP) is 3.08. The average Bonchev–Trinajstić information content (AvgIpc) is 2.18. The number of carbonyl (C=O) groups excluding carboxylic acids is 1. The van der Waals surface area contributed by atoms with E-state index in [1.807, 2.05) is 19.1 Å². The molecule has 0 saturated heterocycles. The van der Waals surface area contributed by atoms with Gasteiger partial charge in [0.05, 0.1) is 13.5 Å². The Balaban J connectivity index is 3.06. The van der Waals surface area contributed by atoms with E-state index in [-0.39, 0.29) is 5.97 Å². The molecule has 0 N–H and O–H groups in total. The molecule has 0 aliphatic rings. The first-order chi connectivity index (χ1) is 6.56. The Hall–Kier alpha value is -0.100. The van der Waals surface area contributed by atoms with Crippen LogP contribution in [0.3, 0.4) is 0 Å². The molecule has 0 amide bonds. The maximum absolute atomic E-state index is 11.2. The minimum Gasteiger partial charge on any atom is -0.469 e. The van der Waals surface area contributed by atoms with Crippen molar-refractivity contribution in [2.24, 2.45) is 0 Å². The van der Waals surface area contributed by atoms with Gasteiger partial charge in [-0.3, -0.25) is 4.79 Å². The number of rotatable bonds is 2. The molecule has 0 aliphatic carbocycles. The van der Waals surface area contributed by atoms with Gasteiger partial charge in [-0.1, -0.05) is 22.0 Å². The van der Waals surface area contributed by atoms with Gasteiger partial charge in [0.2, 0.25) is 0 Å². The van der Waals surface area contributed by atoms with Crippen LogP contribution in [0.2, 0.25) is 0 Å². The van der Waals surface area contributed by atoms with Crippen molar-refractivity contribution in [2.75, 3.05) is 7.11 Å². The van der Waals surface area contributed by atoms with Gasteiger partial charge in [0.25, 0.3) is 0 Å². The fraction of sp³-hybridized carbons (Fsp3) is 0.300. The van der Waals surface area contributed by atoms with E-state index < -0.39 is 0 Å². The smallest absolute Gasteiger partial charge is 0.310 e. The number of hydrogen-bond acceptors (Lipinski definition) is 2. The van der Waals surface area contributed by atoms with Crippen molar-refractivity contribution in [1.29, 1.82) is 0 Å². The molecule has 0 aromatic heterocycles. The maximum atomic E-state index is 11.2. The van der Waals surface area contributed by atoms with E-state index in [0.717, 1.165) is 19.2 Å². The minimum atomic E-state index is -0.214. The Labute approximate surface area is 105 Å². The summed E-state index contributed by atoms with van der Waals surface area (Å²) in [5, 5.41) is 0. The van der Waals surface area contributed by atoms with Gasteiger partial charge < -0.3 is 4.74 Å². The highest BCUT2D eigenvalue weighted by molar-refractivity contribution is 14.1. The quantitative estimate of drug-likeness (QED) is 0.592. The number of aryl methyl sites for hydroxylation is 1. The van der Waals surface area contributed by atoms with Crippen LogP contribution in [0.5, 0.6) is 0 Å². The lowest BCUT2D eigenvalue weighted by Crippen LogP contribution is -2.07. The largest absolute Gasteiger partial charge is 0.469 e. The molecule has 4 heteroatoms. The van der Waals surface area contributed by atoms with Crippen molar-refractivity contribution in [3.05, 3.63) is 31.3 Å². The lowest BCUT2D eigenvalue weighted by Gasteiger charge is -2.08. The van der Waals surface area contributed by atoms with Gasteiger partial charge >= 0.3 is 5.97 Å². The zero-order valence-electron chi connectivity index (χ0n) is 7.93. The van der Waals surface area contributed by atoms with E-state index in [9.17, 15) is 4.79 Å². The highest BCUT2D eigenvalue weighted by Gasteiger charge is 2.11. The van der Waals surface area contributed by atoms with Crippen molar-refractivity contribution in [3.8, 4) is 0 Å². The Morgan fingerprint density at radius 3 is 2.79 bits per heavy atom. The van der Waals surface area contributed by atoms with Crippen LogP contribution in [0, 0.1) is 10.5 Å². The lowest BCUT2D eigenvalue weighted by atomic mass is 10.1. The van der Waals surface area contributed by atoms with Crippen molar-refractivity contribution >= 4 is 44.5 Å². The molecule has 0 heterocycles. The number of esters is 1. The van der Waals surface area contributed by atoms with E-state index in [1.54, 1.807) is 0 Å². The SMILES string of the molecule is COC(=O)Cc1c(I)ccc(C)c1Br. The molecule has 0 bridgehead atoms. The van der Waals surface area contributed by atoms with Gasteiger partial charge in [-0.2, -0.15) is 0 Å². The van der Waals surface area contributed by atoms with Crippen LogP contribution in [0.25, 0.3) is 0 Å². The standard InChI is InChI=1S/C10H10BrIO2/c1-6-3-4-8(12)7(10(6)11)5-9(13)14-2/h3-4H,5H2,1-2H3. The number of ether oxygens (including phenoxy) is 1. The van der Waals surface area contributed by atoms with E-state index >= 15 is 0 Å². The molecule has 0 aliphatic heterocycles. The topological polar surface area (TPSA) is 26.3 Å². The van der Waals surface area contributed by atoms with Crippen LogP contribution in [-0.2, 0) is 16.0 Å². The van der Waals surface area contributed by atoms with Gasteiger partial charge in [-0.15, -0.1) is 0 Å². The molecular weight excluding hydrogens is 359 g/mol. The van der Waals surface area contributed by atoms with Crippen LogP contribution < -0.4 is 0 Å². The summed E-state index contributed by atoms with van der Waals surface area (Å²) in [4.78, 5) is 11.2. The number of carbonyl (C=O) groups is 1. The van der Waals surface area contributed by atoms with Crippen molar-refractivity contribution < 1.29 is 9.53 Å².